The Hall–Kier alpha value is -0.200. The van der Waals surface area contributed by atoms with Gasteiger partial charge in [0.25, 0.3) is 0 Å². The Morgan fingerprint density at radius 2 is 2.11 bits per heavy atom. The summed E-state index contributed by atoms with van der Waals surface area (Å²) in [5, 5.41) is -0.409. The molecule has 1 nitrogen and oxygen atoms in total. The van der Waals surface area contributed by atoms with E-state index in [0.29, 0.717) is 16.5 Å². The smallest absolute Gasteiger partial charge is 0.293 e. The molecular weight excluding hydrogens is 353 g/mol. The molecule has 0 N–H and O–H groups in total. The summed E-state index contributed by atoms with van der Waals surface area (Å²) < 4.78 is 36.7. The average molecular weight is 362 g/mol. The minimum absolute atomic E-state index is 0.0516. The van der Waals surface area contributed by atoms with E-state index in [0.717, 1.165) is 0 Å². The lowest BCUT2D eigenvalue weighted by atomic mass is 10.0. The van der Waals surface area contributed by atoms with Gasteiger partial charge in [0, 0.05) is 15.8 Å². The van der Waals surface area contributed by atoms with Crippen LogP contribution in [0.2, 0.25) is 0 Å². The van der Waals surface area contributed by atoms with Gasteiger partial charge in [-0.3, -0.25) is 4.79 Å². The van der Waals surface area contributed by atoms with Crippen molar-refractivity contribution in [2.75, 3.05) is 0 Å². The van der Waals surface area contributed by atoms with E-state index >= 15 is 0 Å². The van der Waals surface area contributed by atoms with Gasteiger partial charge in [0.05, 0.1) is 5.38 Å². The fourth-order valence-electron chi connectivity index (χ4n) is 1.33. The average Bonchev–Trinajstić information content (AvgIpc) is 2.25. The van der Waals surface area contributed by atoms with E-state index in [4.69, 9.17) is 11.6 Å². The number of halogens is 5. The normalized spacial score (nSPS) is 13.4. The molecule has 1 rings (SSSR count). The van der Waals surface area contributed by atoms with Gasteiger partial charge in [-0.2, -0.15) is 13.2 Å². The van der Waals surface area contributed by atoms with Gasteiger partial charge in [-0.1, -0.05) is 15.9 Å². The molecule has 0 radical (unpaired) electrons. The van der Waals surface area contributed by atoms with Gasteiger partial charge in [-0.05, 0) is 42.4 Å². The first-order chi connectivity index (χ1) is 8.24. The first-order valence-electron chi connectivity index (χ1n) is 4.87. The van der Waals surface area contributed by atoms with Crippen molar-refractivity contribution < 1.29 is 18.0 Å². The molecule has 1 aromatic rings. The molecule has 0 amide bonds. The second kappa shape index (κ2) is 6.30. The molecule has 0 saturated carbocycles. The number of carbonyl (C=O) groups excluding carboxylic acids is 1. The number of hydrogen-bond acceptors (Lipinski definition) is 2. The van der Waals surface area contributed by atoms with Gasteiger partial charge in [0.2, 0.25) is 0 Å². The quantitative estimate of drug-likeness (QED) is 0.426. The summed E-state index contributed by atoms with van der Waals surface area (Å²) in [6, 6.07) is 4.00. The Morgan fingerprint density at radius 3 is 2.56 bits per heavy atom. The van der Waals surface area contributed by atoms with Gasteiger partial charge in [-0.15, -0.1) is 11.6 Å². The van der Waals surface area contributed by atoms with Crippen LogP contribution in [0.5, 0.6) is 0 Å². The standard InChI is InChI=1S/C11H9BrClF3OS/c1-6(13)10(17)9-3-2-8(4-7(9)5-12)18-11(14,15)16/h2-4,6H,5H2,1H3. The fourth-order valence-corrected chi connectivity index (χ4v) is 2.52. The molecule has 0 spiro atoms. The van der Waals surface area contributed by atoms with E-state index in [9.17, 15) is 18.0 Å². The largest absolute Gasteiger partial charge is 0.446 e. The molecule has 1 atom stereocenters. The van der Waals surface area contributed by atoms with E-state index < -0.39 is 10.9 Å². The van der Waals surface area contributed by atoms with E-state index in [2.05, 4.69) is 15.9 Å². The molecule has 0 bridgehead atoms. The van der Waals surface area contributed by atoms with Gasteiger partial charge >= 0.3 is 5.51 Å². The molecular formula is C11H9BrClF3OS. The molecule has 0 fully saturated rings. The Bertz CT molecular complexity index is 448. The minimum atomic E-state index is -4.34. The van der Waals surface area contributed by atoms with Gasteiger partial charge in [-0.25, -0.2) is 0 Å². The zero-order valence-corrected chi connectivity index (χ0v) is 12.4. The van der Waals surface area contributed by atoms with Crippen LogP contribution in [0.1, 0.15) is 22.8 Å². The van der Waals surface area contributed by atoms with Gasteiger partial charge in [0.15, 0.2) is 5.78 Å². The van der Waals surface area contributed by atoms with Gasteiger partial charge < -0.3 is 0 Å². The summed E-state index contributed by atoms with van der Waals surface area (Å²) in [4.78, 5) is 11.8. The molecule has 0 aliphatic heterocycles. The van der Waals surface area contributed by atoms with Crippen LogP contribution in [-0.2, 0) is 5.33 Å². The lowest BCUT2D eigenvalue weighted by molar-refractivity contribution is -0.0328. The van der Waals surface area contributed by atoms with Crippen LogP contribution in [0.3, 0.4) is 0 Å². The minimum Gasteiger partial charge on any atom is -0.293 e. The highest BCUT2D eigenvalue weighted by Crippen LogP contribution is 2.37. The lowest BCUT2D eigenvalue weighted by Gasteiger charge is -2.11. The maximum Gasteiger partial charge on any atom is 0.446 e. The summed E-state index contributed by atoms with van der Waals surface area (Å²) in [5.74, 6) is -0.297. The van der Waals surface area contributed by atoms with Gasteiger partial charge in [0.1, 0.15) is 0 Å². The first-order valence-corrected chi connectivity index (χ1v) is 7.25. The van der Waals surface area contributed by atoms with Crippen LogP contribution in [0.4, 0.5) is 13.2 Å². The van der Waals surface area contributed by atoms with E-state index in [-0.39, 0.29) is 22.4 Å². The second-order valence-electron chi connectivity index (χ2n) is 3.48. The maximum absolute atomic E-state index is 12.2. The Labute approximate surface area is 120 Å². The van der Waals surface area contributed by atoms with Crippen molar-refractivity contribution in [2.24, 2.45) is 0 Å². The van der Waals surface area contributed by atoms with Crippen LogP contribution >= 0.6 is 39.3 Å². The van der Waals surface area contributed by atoms with Crippen molar-refractivity contribution in [3.8, 4) is 0 Å². The molecule has 1 unspecified atom stereocenters. The number of thioether (sulfide) groups is 1. The highest BCUT2D eigenvalue weighted by atomic mass is 79.9. The lowest BCUT2D eigenvalue weighted by Crippen LogP contribution is -2.12. The fraction of sp³-hybridized carbons (Fsp3) is 0.364. The van der Waals surface area contributed by atoms with E-state index in [1.54, 1.807) is 0 Å². The molecule has 0 aromatic heterocycles. The monoisotopic (exact) mass is 360 g/mol. The molecule has 0 aliphatic rings. The molecule has 0 saturated heterocycles. The van der Waals surface area contributed by atoms with E-state index in [1.807, 2.05) is 0 Å². The summed E-state index contributed by atoms with van der Waals surface area (Å²) in [6.07, 6.45) is 0. The second-order valence-corrected chi connectivity index (χ2v) is 5.83. The SMILES string of the molecule is CC(Cl)C(=O)c1ccc(SC(F)(F)F)cc1CBr. The van der Waals surface area contributed by atoms with E-state index in [1.165, 1.54) is 25.1 Å². The van der Waals surface area contributed by atoms with Crippen LogP contribution in [0.15, 0.2) is 23.1 Å². The number of alkyl halides is 5. The van der Waals surface area contributed by atoms with Crippen molar-refractivity contribution in [3.05, 3.63) is 29.3 Å². The van der Waals surface area contributed by atoms with Crippen LogP contribution < -0.4 is 0 Å². The summed E-state index contributed by atoms with van der Waals surface area (Å²) in [5.41, 5.74) is -3.49. The topological polar surface area (TPSA) is 17.1 Å². The predicted octanol–water partition coefficient (Wildman–Crippen LogP) is 5.00. The molecule has 100 valence electrons. The number of Topliss-reactive ketones (excluding diaryl/α,β-unsaturated/α-hetero) is 1. The first kappa shape index (κ1) is 15.9. The zero-order valence-electron chi connectivity index (χ0n) is 9.22. The Balaban J connectivity index is 3.08. The number of hydrogen-bond donors (Lipinski definition) is 0. The van der Waals surface area contributed by atoms with Crippen LogP contribution in [0, 0.1) is 0 Å². The molecule has 18 heavy (non-hydrogen) atoms. The Morgan fingerprint density at radius 1 is 1.50 bits per heavy atom. The van der Waals surface area contributed by atoms with Crippen molar-refractivity contribution in [1.82, 2.24) is 0 Å². The number of rotatable bonds is 4. The summed E-state index contributed by atoms with van der Waals surface area (Å²) in [6.45, 7) is 1.53. The third-order valence-corrected chi connectivity index (χ3v) is 3.60. The van der Waals surface area contributed by atoms with Crippen LogP contribution in [-0.4, -0.2) is 16.7 Å². The molecule has 7 heteroatoms. The van der Waals surface area contributed by atoms with Crippen molar-refractivity contribution in [3.63, 3.8) is 0 Å². The maximum atomic E-state index is 12.2. The zero-order chi connectivity index (χ0) is 13.9. The highest BCUT2D eigenvalue weighted by Gasteiger charge is 2.29. The highest BCUT2D eigenvalue weighted by molar-refractivity contribution is 9.08. The number of ketones is 1. The molecule has 1 aromatic carbocycles. The summed E-state index contributed by atoms with van der Waals surface area (Å²) in [7, 11) is 0. The van der Waals surface area contributed by atoms with Crippen molar-refractivity contribution in [2.45, 2.75) is 28.0 Å². The number of carbonyl (C=O) groups is 1. The third-order valence-electron chi connectivity index (χ3n) is 2.08. The third kappa shape index (κ3) is 4.48. The number of benzene rings is 1. The molecule has 0 aliphatic carbocycles. The predicted molar refractivity (Wildman–Crippen MR) is 70.6 cm³/mol. The van der Waals surface area contributed by atoms with Crippen molar-refractivity contribution in [1.29, 1.82) is 0 Å². The van der Waals surface area contributed by atoms with Crippen LogP contribution in [0.25, 0.3) is 0 Å². The summed E-state index contributed by atoms with van der Waals surface area (Å²) >= 11 is 8.64. The Kier molecular flexibility index (Phi) is 5.55. The molecule has 0 heterocycles. The van der Waals surface area contributed by atoms with Crippen molar-refractivity contribution >= 4 is 45.1 Å².